The first-order chi connectivity index (χ1) is 6.83. The van der Waals surface area contributed by atoms with Gasteiger partial charge in [-0.3, -0.25) is 9.78 Å². The molecular formula is C11H16N2O. The lowest BCUT2D eigenvalue weighted by molar-refractivity contribution is -0.117. The minimum atomic E-state index is 0.227. The average molecular weight is 192 g/mol. The number of hydrogen-bond acceptors (Lipinski definition) is 3. The summed E-state index contributed by atoms with van der Waals surface area (Å²) < 4.78 is 0. The van der Waals surface area contributed by atoms with E-state index in [9.17, 15) is 4.79 Å². The van der Waals surface area contributed by atoms with Crippen LogP contribution in [-0.4, -0.2) is 23.9 Å². The molecule has 0 unspecified atom stereocenters. The van der Waals surface area contributed by atoms with Crippen molar-refractivity contribution in [3.8, 4) is 0 Å². The summed E-state index contributed by atoms with van der Waals surface area (Å²) in [7, 11) is 0. The van der Waals surface area contributed by atoms with Gasteiger partial charge in [0.2, 0.25) is 0 Å². The summed E-state index contributed by atoms with van der Waals surface area (Å²) in [6.45, 7) is 3.46. The number of pyridine rings is 1. The van der Waals surface area contributed by atoms with Crippen LogP contribution in [0.1, 0.15) is 18.9 Å². The van der Waals surface area contributed by atoms with E-state index in [0.717, 1.165) is 18.5 Å². The maximum Gasteiger partial charge on any atom is 0.150 e. The predicted octanol–water partition coefficient (Wildman–Crippen LogP) is 1.19. The molecule has 0 saturated carbocycles. The zero-order valence-electron chi connectivity index (χ0n) is 8.49. The van der Waals surface area contributed by atoms with Crippen molar-refractivity contribution in [2.24, 2.45) is 0 Å². The Kier molecular flexibility index (Phi) is 4.86. The first-order valence-corrected chi connectivity index (χ1v) is 4.94. The summed E-state index contributed by atoms with van der Waals surface area (Å²) in [5.74, 6) is 0.227. The van der Waals surface area contributed by atoms with E-state index in [0.29, 0.717) is 13.0 Å². The summed E-state index contributed by atoms with van der Waals surface area (Å²) in [5.41, 5.74) is 1.03. The van der Waals surface area contributed by atoms with Gasteiger partial charge in [-0.15, -0.1) is 0 Å². The van der Waals surface area contributed by atoms with Gasteiger partial charge in [0.25, 0.3) is 0 Å². The first-order valence-electron chi connectivity index (χ1n) is 4.94. The monoisotopic (exact) mass is 192 g/mol. The number of carbonyl (C=O) groups is 1. The van der Waals surface area contributed by atoms with Crippen molar-refractivity contribution in [3.63, 3.8) is 0 Å². The van der Waals surface area contributed by atoms with Crippen molar-refractivity contribution in [1.82, 2.24) is 10.3 Å². The maximum atomic E-state index is 11.4. The molecule has 1 aromatic heterocycles. The van der Waals surface area contributed by atoms with Crippen molar-refractivity contribution >= 4 is 5.78 Å². The molecule has 1 rings (SSSR count). The van der Waals surface area contributed by atoms with E-state index in [1.165, 1.54) is 0 Å². The molecule has 1 N–H and O–H groups in total. The second-order valence-corrected chi connectivity index (χ2v) is 3.25. The molecule has 0 aromatic carbocycles. The minimum Gasteiger partial charge on any atom is -0.310 e. The smallest absolute Gasteiger partial charge is 0.150 e. The van der Waals surface area contributed by atoms with Crippen LogP contribution < -0.4 is 5.32 Å². The van der Waals surface area contributed by atoms with Gasteiger partial charge in [0.15, 0.2) is 5.78 Å². The number of ketones is 1. The Balaban J connectivity index is 2.27. The van der Waals surface area contributed by atoms with Gasteiger partial charge >= 0.3 is 0 Å². The lowest BCUT2D eigenvalue weighted by atomic mass is 10.1. The minimum absolute atomic E-state index is 0.227. The van der Waals surface area contributed by atoms with Gasteiger partial charge in [-0.2, -0.15) is 0 Å². The van der Waals surface area contributed by atoms with Crippen molar-refractivity contribution in [2.45, 2.75) is 19.8 Å². The fraction of sp³-hybridized carbons (Fsp3) is 0.455. The molecule has 3 heteroatoms. The van der Waals surface area contributed by atoms with Crippen LogP contribution in [0.2, 0.25) is 0 Å². The van der Waals surface area contributed by atoms with Gasteiger partial charge in [0, 0.05) is 18.8 Å². The third kappa shape index (κ3) is 4.14. The molecule has 0 aliphatic carbocycles. The van der Waals surface area contributed by atoms with Crippen LogP contribution in [-0.2, 0) is 11.2 Å². The molecule has 14 heavy (non-hydrogen) atoms. The quantitative estimate of drug-likeness (QED) is 0.688. The molecule has 0 bridgehead atoms. The fourth-order valence-corrected chi connectivity index (χ4v) is 1.20. The summed E-state index contributed by atoms with van der Waals surface area (Å²) in [6, 6.07) is 3.75. The SMILES string of the molecule is CCCNCC(=O)Cc1ccncc1. The highest BCUT2D eigenvalue weighted by molar-refractivity contribution is 5.82. The lowest BCUT2D eigenvalue weighted by Crippen LogP contribution is -2.24. The average Bonchev–Trinajstić information content (AvgIpc) is 2.20. The number of hydrogen-bond donors (Lipinski definition) is 1. The van der Waals surface area contributed by atoms with E-state index in [4.69, 9.17) is 0 Å². The van der Waals surface area contributed by atoms with Gasteiger partial charge in [0.05, 0.1) is 6.54 Å². The van der Waals surface area contributed by atoms with Crippen molar-refractivity contribution < 1.29 is 4.79 Å². The van der Waals surface area contributed by atoms with E-state index in [-0.39, 0.29) is 5.78 Å². The van der Waals surface area contributed by atoms with E-state index in [1.54, 1.807) is 12.4 Å². The second kappa shape index (κ2) is 6.27. The van der Waals surface area contributed by atoms with E-state index >= 15 is 0 Å². The van der Waals surface area contributed by atoms with Gasteiger partial charge in [-0.25, -0.2) is 0 Å². The summed E-state index contributed by atoms with van der Waals surface area (Å²) in [5, 5.41) is 3.09. The normalized spacial score (nSPS) is 10.1. The van der Waals surface area contributed by atoms with Crippen LogP contribution in [0.15, 0.2) is 24.5 Å². The molecule has 0 aliphatic rings. The zero-order chi connectivity index (χ0) is 10.2. The van der Waals surface area contributed by atoms with Crippen LogP contribution in [0.25, 0.3) is 0 Å². The Bertz CT molecular complexity index is 272. The number of nitrogens with one attached hydrogen (secondary N) is 1. The van der Waals surface area contributed by atoms with Crippen LogP contribution in [0.4, 0.5) is 0 Å². The van der Waals surface area contributed by atoms with E-state index in [2.05, 4.69) is 17.2 Å². The van der Waals surface area contributed by atoms with Gasteiger partial charge in [-0.05, 0) is 30.7 Å². The van der Waals surface area contributed by atoms with Crippen LogP contribution in [0.3, 0.4) is 0 Å². The Morgan fingerprint density at radius 1 is 1.43 bits per heavy atom. The van der Waals surface area contributed by atoms with Gasteiger partial charge < -0.3 is 5.32 Å². The third-order valence-electron chi connectivity index (χ3n) is 1.90. The molecule has 0 saturated heterocycles. The van der Waals surface area contributed by atoms with Crippen LogP contribution in [0, 0.1) is 0 Å². The van der Waals surface area contributed by atoms with E-state index in [1.807, 2.05) is 12.1 Å². The van der Waals surface area contributed by atoms with Crippen molar-refractivity contribution in [2.75, 3.05) is 13.1 Å². The summed E-state index contributed by atoms with van der Waals surface area (Å²) in [6.07, 6.45) is 4.98. The number of aromatic nitrogens is 1. The Labute approximate surface area is 84.6 Å². The van der Waals surface area contributed by atoms with E-state index < -0.39 is 0 Å². The van der Waals surface area contributed by atoms with Crippen LogP contribution in [0.5, 0.6) is 0 Å². The molecule has 76 valence electrons. The number of rotatable bonds is 6. The highest BCUT2D eigenvalue weighted by atomic mass is 16.1. The molecule has 0 radical (unpaired) electrons. The van der Waals surface area contributed by atoms with Crippen molar-refractivity contribution in [3.05, 3.63) is 30.1 Å². The molecule has 0 aliphatic heterocycles. The lowest BCUT2D eigenvalue weighted by Gasteiger charge is -2.02. The molecule has 3 nitrogen and oxygen atoms in total. The molecule has 1 heterocycles. The summed E-state index contributed by atoms with van der Waals surface area (Å²) in [4.78, 5) is 15.3. The zero-order valence-corrected chi connectivity index (χ0v) is 8.49. The Hall–Kier alpha value is -1.22. The number of carbonyl (C=O) groups excluding carboxylic acids is 1. The Morgan fingerprint density at radius 2 is 2.14 bits per heavy atom. The van der Waals surface area contributed by atoms with Gasteiger partial charge in [0.1, 0.15) is 0 Å². The molecule has 0 fully saturated rings. The number of Topliss-reactive ketones (excluding diaryl/α,β-unsaturated/α-hetero) is 1. The maximum absolute atomic E-state index is 11.4. The molecule has 0 atom stereocenters. The highest BCUT2D eigenvalue weighted by Crippen LogP contribution is 1.97. The second-order valence-electron chi connectivity index (χ2n) is 3.25. The molecular weight excluding hydrogens is 176 g/mol. The third-order valence-corrected chi connectivity index (χ3v) is 1.90. The summed E-state index contributed by atoms with van der Waals surface area (Å²) >= 11 is 0. The predicted molar refractivity (Wildman–Crippen MR) is 56.1 cm³/mol. The topological polar surface area (TPSA) is 42.0 Å². The molecule has 0 amide bonds. The molecule has 0 spiro atoms. The first kappa shape index (κ1) is 10.9. The van der Waals surface area contributed by atoms with Crippen molar-refractivity contribution in [1.29, 1.82) is 0 Å². The van der Waals surface area contributed by atoms with Crippen LogP contribution >= 0.6 is 0 Å². The molecule has 1 aromatic rings. The number of nitrogens with zero attached hydrogens (tertiary/aromatic N) is 1. The Morgan fingerprint density at radius 3 is 2.79 bits per heavy atom. The highest BCUT2D eigenvalue weighted by Gasteiger charge is 2.01. The largest absolute Gasteiger partial charge is 0.310 e. The van der Waals surface area contributed by atoms with Gasteiger partial charge in [-0.1, -0.05) is 6.92 Å². The fourth-order valence-electron chi connectivity index (χ4n) is 1.20. The standard InChI is InChI=1S/C11H16N2O/c1-2-5-13-9-11(14)8-10-3-6-12-7-4-10/h3-4,6-7,13H,2,5,8-9H2,1H3.